The van der Waals surface area contributed by atoms with E-state index in [1.165, 1.54) is 0 Å². The summed E-state index contributed by atoms with van der Waals surface area (Å²) >= 11 is 6.02. The molecule has 0 fully saturated rings. The maximum atomic E-state index is 6.13. The highest BCUT2D eigenvalue weighted by molar-refractivity contribution is 6.30. The number of hydrogen-bond acceptors (Lipinski definition) is 4. The number of para-hydroxylation sites is 2. The van der Waals surface area contributed by atoms with E-state index in [0.29, 0.717) is 16.7 Å². The molecular formula is C23H17ClN4O. The quantitative estimate of drug-likeness (QED) is 0.372. The summed E-state index contributed by atoms with van der Waals surface area (Å²) in [5.74, 6) is 1.30. The van der Waals surface area contributed by atoms with Crippen LogP contribution in [0.4, 0.5) is 5.95 Å². The Morgan fingerprint density at radius 2 is 1.83 bits per heavy atom. The molecule has 0 aliphatic rings. The molecule has 0 aliphatic heterocycles. The van der Waals surface area contributed by atoms with Crippen molar-refractivity contribution >= 4 is 39.6 Å². The van der Waals surface area contributed by atoms with Crippen molar-refractivity contribution in [3.63, 3.8) is 0 Å². The van der Waals surface area contributed by atoms with Crippen LogP contribution in [0, 0.1) is 6.92 Å². The van der Waals surface area contributed by atoms with Crippen molar-refractivity contribution in [2.24, 2.45) is 5.10 Å². The summed E-state index contributed by atoms with van der Waals surface area (Å²) in [6.07, 6.45) is 0. The minimum Gasteiger partial charge on any atom is -0.456 e. The number of benzene rings is 3. The molecule has 0 bridgehead atoms. The summed E-state index contributed by atoms with van der Waals surface area (Å²) in [4.78, 5) is 7.74. The molecule has 5 aromatic rings. The number of aromatic nitrogens is 2. The average Bonchev–Trinajstić information content (AvgIpc) is 3.15. The summed E-state index contributed by atoms with van der Waals surface area (Å²) in [5, 5.41) is 6.98. The zero-order chi connectivity index (χ0) is 19.8. The third-order valence-electron chi connectivity index (χ3n) is 4.70. The van der Waals surface area contributed by atoms with Gasteiger partial charge in [-0.1, -0.05) is 35.4 Å². The Morgan fingerprint density at radius 3 is 2.66 bits per heavy atom. The van der Waals surface area contributed by atoms with E-state index in [2.05, 4.69) is 26.6 Å². The van der Waals surface area contributed by atoms with Crippen LogP contribution in [0.15, 0.2) is 82.3 Å². The lowest BCUT2D eigenvalue weighted by molar-refractivity contribution is 0.618. The average molecular weight is 401 g/mol. The van der Waals surface area contributed by atoms with Crippen molar-refractivity contribution in [1.82, 2.24) is 9.97 Å². The molecule has 29 heavy (non-hydrogen) atoms. The molecule has 0 saturated heterocycles. The molecule has 0 amide bonds. The molecule has 2 N–H and O–H groups in total. The smallest absolute Gasteiger partial charge is 0.222 e. The fraction of sp³-hybridized carbons (Fsp3) is 0.0435. The number of rotatable bonds is 3. The maximum absolute atomic E-state index is 6.13. The first kappa shape index (κ1) is 17.5. The number of fused-ring (bicyclic) bond motifs is 2. The molecule has 3 aromatic carbocycles. The third kappa shape index (κ3) is 3.48. The Hall–Kier alpha value is -3.57. The summed E-state index contributed by atoms with van der Waals surface area (Å²) in [6.45, 7) is 2.04. The molecule has 0 radical (unpaired) electrons. The van der Waals surface area contributed by atoms with Crippen molar-refractivity contribution in [2.45, 2.75) is 6.92 Å². The van der Waals surface area contributed by atoms with Crippen LogP contribution in [0.25, 0.3) is 33.3 Å². The van der Waals surface area contributed by atoms with Gasteiger partial charge in [-0.2, -0.15) is 5.10 Å². The lowest BCUT2D eigenvalue weighted by atomic mass is 10.1. The number of imidazole rings is 1. The summed E-state index contributed by atoms with van der Waals surface area (Å²) in [5.41, 5.74) is 7.70. The highest BCUT2D eigenvalue weighted by atomic mass is 35.5. The molecule has 0 unspecified atom stereocenters. The van der Waals surface area contributed by atoms with Gasteiger partial charge >= 0.3 is 0 Å². The molecule has 0 spiro atoms. The molecule has 5 nitrogen and oxygen atoms in total. The summed E-state index contributed by atoms with van der Waals surface area (Å²) in [6, 6.07) is 23.4. The Bertz CT molecular complexity index is 1370. The van der Waals surface area contributed by atoms with Crippen LogP contribution in [0.5, 0.6) is 0 Å². The van der Waals surface area contributed by atoms with E-state index < -0.39 is 0 Å². The predicted molar refractivity (Wildman–Crippen MR) is 117 cm³/mol. The first-order valence-electron chi connectivity index (χ1n) is 9.21. The van der Waals surface area contributed by atoms with Crippen LogP contribution in [-0.4, -0.2) is 9.97 Å². The molecule has 142 valence electrons. The lowest BCUT2D eigenvalue weighted by Gasteiger charge is -2.06. The number of hydrogen-bond donors (Lipinski definition) is 2. The highest BCUT2D eigenvalue weighted by Gasteiger charge is 2.07. The van der Waals surface area contributed by atoms with E-state index in [1.54, 1.807) is 0 Å². The maximum Gasteiger partial charge on any atom is 0.222 e. The van der Waals surface area contributed by atoms with Gasteiger partial charge in [0.15, 0.2) is 0 Å². The van der Waals surface area contributed by atoms with Crippen LogP contribution in [-0.2, 0) is 0 Å². The highest BCUT2D eigenvalue weighted by Crippen LogP contribution is 2.24. The van der Waals surface area contributed by atoms with Gasteiger partial charge in [-0.3, -0.25) is 0 Å². The minimum atomic E-state index is 0.584. The van der Waals surface area contributed by atoms with E-state index in [-0.39, 0.29) is 0 Å². The third-order valence-corrected chi connectivity index (χ3v) is 4.95. The normalized spacial score (nSPS) is 12.0. The molecule has 2 heterocycles. The zero-order valence-electron chi connectivity index (χ0n) is 15.6. The number of nitrogens with zero attached hydrogens (tertiary/aromatic N) is 2. The standard InChI is InChI=1S/C23H17ClN4O/c1-14-6-11-21-17(12-14)20(13-22(29-21)15-7-9-16(24)10-8-15)27-28-23-25-18-4-2-3-5-19(18)26-23/h2-13H,1H3,(H2,25,26,28)/b27-20+. The van der Waals surface area contributed by atoms with Gasteiger partial charge in [-0.15, -0.1) is 0 Å². The van der Waals surface area contributed by atoms with Gasteiger partial charge in [0.05, 0.1) is 16.4 Å². The monoisotopic (exact) mass is 400 g/mol. The fourth-order valence-corrected chi connectivity index (χ4v) is 3.38. The Kier molecular flexibility index (Phi) is 4.30. The van der Waals surface area contributed by atoms with Crippen molar-refractivity contribution in [1.29, 1.82) is 0 Å². The molecule has 2 aromatic heterocycles. The fourth-order valence-electron chi connectivity index (χ4n) is 3.25. The van der Waals surface area contributed by atoms with Gasteiger partial charge in [-0.05, 0) is 55.5 Å². The molecular weight excluding hydrogens is 384 g/mol. The second-order valence-corrected chi connectivity index (χ2v) is 7.26. The SMILES string of the molecule is Cc1ccc2oc(-c3ccc(Cl)cc3)c/c(=N\Nc3nc4ccccc4[nH]3)c2c1. The largest absolute Gasteiger partial charge is 0.456 e. The summed E-state index contributed by atoms with van der Waals surface area (Å²) in [7, 11) is 0. The minimum absolute atomic E-state index is 0.584. The number of aromatic amines is 1. The van der Waals surface area contributed by atoms with E-state index >= 15 is 0 Å². The van der Waals surface area contributed by atoms with Crippen molar-refractivity contribution in [3.8, 4) is 11.3 Å². The number of H-pyrrole nitrogens is 1. The van der Waals surface area contributed by atoms with Gasteiger partial charge in [0.1, 0.15) is 11.3 Å². The summed E-state index contributed by atoms with van der Waals surface area (Å²) < 4.78 is 6.13. The number of halogens is 1. The first-order chi connectivity index (χ1) is 14.2. The van der Waals surface area contributed by atoms with Gasteiger partial charge in [0.2, 0.25) is 5.95 Å². The Balaban J connectivity index is 1.64. The van der Waals surface area contributed by atoms with Gasteiger partial charge < -0.3 is 9.40 Å². The van der Waals surface area contributed by atoms with Crippen LogP contribution >= 0.6 is 11.6 Å². The lowest BCUT2D eigenvalue weighted by Crippen LogP contribution is -2.08. The van der Waals surface area contributed by atoms with Crippen molar-refractivity contribution < 1.29 is 4.42 Å². The molecule has 0 aliphatic carbocycles. The molecule has 5 rings (SSSR count). The molecule has 0 atom stereocenters. The topological polar surface area (TPSA) is 66.2 Å². The molecule has 0 saturated carbocycles. The van der Waals surface area contributed by atoms with Gasteiger partial charge in [-0.25, -0.2) is 10.4 Å². The van der Waals surface area contributed by atoms with E-state index in [0.717, 1.165) is 38.5 Å². The Morgan fingerprint density at radius 1 is 1.00 bits per heavy atom. The number of aryl methyl sites for hydroxylation is 1. The first-order valence-corrected chi connectivity index (χ1v) is 9.58. The van der Waals surface area contributed by atoms with Crippen LogP contribution in [0.2, 0.25) is 5.02 Å². The number of anilines is 1. The second kappa shape index (κ2) is 7.11. The van der Waals surface area contributed by atoms with Crippen LogP contribution < -0.4 is 10.8 Å². The number of nitrogens with one attached hydrogen (secondary N) is 2. The van der Waals surface area contributed by atoms with Crippen molar-refractivity contribution in [3.05, 3.63) is 88.7 Å². The van der Waals surface area contributed by atoms with E-state index in [9.17, 15) is 0 Å². The predicted octanol–water partition coefficient (Wildman–Crippen LogP) is 5.87. The van der Waals surface area contributed by atoms with Crippen LogP contribution in [0.3, 0.4) is 0 Å². The van der Waals surface area contributed by atoms with Gasteiger partial charge in [0, 0.05) is 22.0 Å². The Labute approximate surface area is 171 Å². The second-order valence-electron chi connectivity index (χ2n) is 6.83. The van der Waals surface area contributed by atoms with Crippen molar-refractivity contribution in [2.75, 3.05) is 5.43 Å². The van der Waals surface area contributed by atoms with E-state index in [4.69, 9.17) is 16.0 Å². The van der Waals surface area contributed by atoms with Gasteiger partial charge in [0.25, 0.3) is 0 Å². The van der Waals surface area contributed by atoms with E-state index in [1.807, 2.05) is 73.7 Å². The molecule has 6 heteroatoms. The zero-order valence-corrected chi connectivity index (χ0v) is 16.4. The van der Waals surface area contributed by atoms with Crippen LogP contribution in [0.1, 0.15) is 5.56 Å².